The van der Waals surface area contributed by atoms with Crippen molar-refractivity contribution in [3.05, 3.63) is 41.1 Å². The molecule has 1 heterocycles. The molecule has 0 saturated heterocycles. The number of nitrogens with one attached hydrogen (secondary N) is 2. The largest absolute Gasteiger partial charge is 0.311 e. The van der Waals surface area contributed by atoms with Crippen molar-refractivity contribution in [1.29, 1.82) is 0 Å². The SMILES string of the molecule is CNCC(=O)Nc1cc(C)n(-c2cc(C)cc(C)c2)n1. The lowest BCUT2D eigenvalue weighted by atomic mass is 10.1. The van der Waals surface area contributed by atoms with Gasteiger partial charge in [0, 0.05) is 11.8 Å². The number of benzene rings is 1. The summed E-state index contributed by atoms with van der Waals surface area (Å²) in [5.74, 6) is 0.472. The topological polar surface area (TPSA) is 59.0 Å². The van der Waals surface area contributed by atoms with Crippen LogP contribution in [0.1, 0.15) is 16.8 Å². The Morgan fingerprint density at radius 1 is 1.15 bits per heavy atom. The van der Waals surface area contributed by atoms with E-state index in [1.165, 1.54) is 11.1 Å². The number of anilines is 1. The molecule has 5 heteroatoms. The quantitative estimate of drug-likeness (QED) is 0.894. The van der Waals surface area contributed by atoms with Crippen molar-refractivity contribution >= 4 is 11.7 Å². The molecule has 20 heavy (non-hydrogen) atoms. The summed E-state index contributed by atoms with van der Waals surface area (Å²) < 4.78 is 1.84. The number of hydrogen-bond acceptors (Lipinski definition) is 3. The maximum atomic E-state index is 11.6. The minimum atomic E-state index is -0.0995. The summed E-state index contributed by atoms with van der Waals surface area (Å²) in [6.45, 7) is 6.36. The molecule has 106 valence electrons. The third-order valence-corrected chi connectivity index (χ3v) is 2.94. The van der Waals surface area contributed by atoms with Crippen molar-refractivity contribution in [3.8, 4) is 5.69 Å². The predicted octanol–water partition coefficient (Wildman–Crippen LogP) is 1.96. The first kappa shape index (κ1) is 14.3. The number of likely N-dealkylation sites (N-methyl/N-ethyl adjacent to an activating group) is 1. The van der Waals surface area contributed by atoms with E-state index < -0.39 is 0 Å². The van der Waals surface area contributed by atoms with E-state index in [1.807, 2.05) is 17.7 Å². The van der Waals surface area contributed by atoms with Crippen LogP contribution in [0.5, 0.6) is 0 Å². The summed E-state index contributed by atoms with van der Waals surface area (Å²) in [7, 11) is 1.74. The lowest BCUT2D eigenvalue weighted by Crippen LogP contribution is -2.25. The average molecular weight is 272 g/mol. The lowest BCUT2D eigenvalue weighted by Gasteiger charge is -2.07. The minimum absolute atomic E-state index is 0.0995. The first-order valence-corrected chi connectivity index (χ1v) is 6.59. The van der Waals surface area contributed by atoms with Crippen molar-refractivity contribution in [3.63, 3.8) is 0 Å². The molecule has 0 aliphatic carbocycles. The van der Waals surface area contributed by atoms with Crippen LogP contribution >= 0.6 is 0 Å². The summed E-state index contributed by atoms with van der Waals surface area (Å²) in [5.41, 5.74) is 4.37. The summed E-state index contributed by atoms with van der Waals surface area (Å²) in [6.07, 6.45) is 0. The monoisotopic (exact) mass is 272 g/mol. The molecule has 2 aromatic rings. The highest BCUT2D eigenvalue weighted by atomic mass is 16.2. The van der Waals surface area contributed by atoms with Gasteiger partial charge in [-0.3, -0.25) is 4.79 Å². The predicted molar refractivity (Wildman–Crippen MR) is 80.3 cm³/mol. The Kier molecular flexibility index (Phi) is 4.20. The fourth-order valence-corrected chi connectivity index (χ4v) is 2.22. The van der Waals surface area contributed by atoms with E-state index in [1.54, 1.807) is 7.05 Å². The molecule has 2 rings (SSSR count). The molecule has 0 aliphatic rings. The number of aromatic nitrogens is 2. The van der Waals surface area contributed by atoms with E-state index in [4.69, 9.17) is 0 Å². The van der Waals surface area contributed by atoms with E-state index in [2.05, 4.69) is 47.8 Å². The van der Waals surface area contributed by atoms with Crippen LogP contribution in [0.4, 0.5) is 5.82 Å². The highest BCUT2D eigenvalue weighted by molar-refractivity contribution is 5.91. The number of rotatable bonds is 4. The zero-order valence-electron chi connectivity index (χ0n) is 12.3. The Balaban J connectivity index is 2.29. The third-order valence-electron chi connectivity index (χ3n) is 2.94. The lowest BCUT2D eigenvalue weighted by molar-refractivity contribution is -0.115. The Morgan fingerprint density at radius 3 is 2.40 bits per heavy atom. The van der Waals surface area contributed by atoms with Crippen LogP contribution in [0.25, 0.3) is 5.69 Å². The number of amides is 1. The first-order chi connectivity index (χ1) is 9.49. The van der Waals surface area contributed by atoms with Gasteiger partial charge in [0.2, 0.25) is 5.91 Å². The minimum Gasteiger partial charge on any atom is -0.311 e. The van der Waals surface area contributed by atoms with Crippen LogP contribution in [0.15, 0.2) is 24.3 Å². The van der Waals surface area contributed by atoms with Crippen LogP contribution in [0, 0.1) is 20.8 Å². The summed E-state index contributed by atoms with van der Waals surface area (Å²) in [4.78, 5) is 11.6. The van der Waals surface area contributed by atoms with Crippen molar-refractivity contribution in [2.24, 2.45) is 0 Å². The molecular formula is C15H20N4O. The van der Waals surface area contributed by atoms with Crippen LogP contribution in [0.2, 0.25) is 0 Å². The molecule has 0 radical (unpaired) electrons. The van der Waals surface area contributed by atoms with Crippen molar-refractivity contribution in [1.82, 2.24) is 15.1 Å². The molecule has 1 amide bonds. The molecule has 0 saturated carbocycles. The van der Waals surface area contributed by atoms with Gasteiger partial charge in [-0.15, -0.1) is 5.10 Å². The van der Waals surface area contributed by atoms with E-state index >= 15 is 0 Å². The third kappa shape index (κ3) is 3.24. The Labute approximate surface area is 119 Å². The molecule has 1 aromatic heterocycles. The molecule has 2 N–H and O–H groups in total. The van der Waals surface area contributed by atoms with Crippen LogP contribution < -0.4 is 10.6 Å². The normalized spacial score (nSPS) is 10.6. The van der Waals surface area contributed by atoms with Crippen LogP contribution in [0.3, 0.4) is 0 Å². The molecule has 5 nitrogen and oxygen atoms in total. The van der Waals surface area contributed by atoms with Crippen LogP contribution in [-0.4, -0.2) is 29.3 Å². The Hall–Kier alpha value is -2.14. The second-order valence-electron chi connectivity index (χ2n) is 5.01. The smallest absolute Gasteiger partial charge is 0.239 e. The molecule has 0 aliphatic heterocycles. The molecule has 0 atom stereocenters. The average Bonchev–Trinajstić information content (AvgIpc) is 2.69. The zero-order chi connectivity index (χ0) is 14.7. The highest BCUT2D eigenvalue weighted by Gasteiger charge is 2.09. The van der Waals surface area contributed by atoms with Crippen LogP contribution in [-0.2, 0) is 4.79 Å². The van der Waals surface area contributed by atoms with Gasteiger partial charge in [0.15, 0.2) is 5.82 Å². The van der Waals surface area contributed by atoms with E-state index in [0.29, 0.717) is 5.82 Å². The van der Waals surface area contributed by atoms with E-state index in [9.17, 15) is 4.79 Å². The summed E-state index contributed by atoms with van der Waals surface area (Å²) in [5, 5.41) is 10.0. The number of hydrogen-bond donors (Lipinski definition) is 2. The summed E-state index contributed by atoms with van der Waals surface area (Å²) in [6, 6.07) is 8.14. The van der Waals surface area contributed by atoms with Gasteiger partial charge in [-0.25, -0.2) is 4.68 Å². The molecule has 1 aromatic carbocycles. The molecule has 0 fully saturated rings. The Bertz CT molecular complexity index is 611. The van der Waals surface area contributed by atoms with Gasteiger partial charge in [0.1, 0.15) is 0 Å². The van der Waals surface area contributed by atoms with Gasteiger partial charge in [-0.05, 0) is 51.1 Å². The molecule has 0 unspecified atom stereocenters. The van der Waals surface area contributed by atoms with Crippen molar-refractivity contribution < 1.29 is 4.79 Å². The molecular weight excluding hydrogens is 252 g/mol. The maximum Gasteiger partial charge on any atom is 0.239 e. The Morgan fingerprint density at radius 2 is 1.80 bits per heavy atom. The standard InChI is InChI=1S/C15H20N4O/c1-10-5-11(2)7-13(6-10)19-12(3)8-14(18-19)17-15(20)9-16-4/h5-8,16H,9H2,1-4H3,(H,17,18,20). The molecule has 0 spiro atoms. The first-order valence-electron chi connectivity index (χ1n) is 6.59. The number of carbonyl (C=O) groups is 1. The zero-order valence-corrected chi connectivity index (χ0v) is 12.3. The number of aryl methyl sites for hydroxylation is 3. The van der Waals surface area contributed by atoms with Gasteiger partial charge in [-0.1, -0.05) is 6.07 Å². The number of nitrogens with zero attached hydrogens (tertiary/aromatic N) is 2. The van der Waals surface area contributed by atoms with E-state index in [-0.39, 0.29) is 12.5 Å². The maximum absolute atomic E-state index is 11.6. The van der Waals surface area contributed by atoms with Gasteiger partial charge in [-0.2, -0.15) is 0 Å². The van der Waals surface area contributed by atoms with E-state index in [0.717, 1.165) is 11.4 Å². The second kappa shape index (κ2) is 5.88. The van der Waals surface area contributed by atoms with Gasteiger partial charge in [0.25, 0.3) is 0 Å². The number of carbonyl (C=O) groups excluding carboxylic acids is 1. The van der Waals surface area contributed by atoms with Gasteiger partial charge < -0.3 is 10.6 Å². The highest BCUT2D eigenvalue weighted by Crippen LogP contribution is 2.17. The van der Waals surface area contributed by atoms with Gasteiger partial charge in [0.05, 0.1) is 12.2 Å². The fourth-order valence-electron chi connectivity index (χ4n) is 2.22. The molecule has 0 bridgehead atoms. The van der Waals surface area contributed by atoms with Crippen molar-refractivity contribution in [2.75, 3.05) is 18.9 Å². The fraction of sp³-hybridized carbons (Fsp3) is 0.333. The second-order valence-corrected chi connectivity index (χ2v) is 5.01. The van der Waals surface area contributed by atoms with Gasteiger partial charge >= 0.3 is 0 Å². The van der Waals surface area contributed by atoms with Crippen molar-refractivity contribution in [2.45, 2.75) is 20.8 Å². The summed E-state index contributed by atoms with van der Waals surface area (Å²) >= 11 is 0.